The Balaban J connectivity index is 2.04. The molecular weight excluding hydrogens is 324 g/mol. The van der Waals surface area contributed by atoms with E-state index in [-0.39, 0.29) is 17.8 Å². The lowest BCUT2D eigenvalue weighted by molar-refractivity contribution is -0.384. The van der Waals surface area contributed by atoms with Crippen LogP contribution in [0, 0.1) is 10.1 Å². The molecule has 0 saturated heterocycles. The fraction of sp³-hybridized carbons (Fsp3) is 0.111. The number of rotatable bonds is 7. The second kappa shape index (κ2) is 8.39. The van der Waals surface area contributed by atoms with Crippen molar-refractivity contribution in [1.82, 2.24) is 0 Å². The minimum absolute atomic E-state index is 0.0111. The van der Waals surface area contributed by atoms with Gasteiger partial charge >= 0.3 is 5.97 Å². The molecule has 0 aliphatic carbocycles. The van der Waals surface area contributed by atoms with E-state index in [1.165, 1.54) is 23.1 Å². The van der Waals surface area contributed by atoms with Crippen LogP contribution in [-0.4, -0.2) is 30.0 Å². The van der Waals surface area contributed by atoms with Crippen LogP contribution in [0.5, 0.6) is 0 Å². The van der Waals surface area contributed by atoms with Gasteiger partial charge in [-0.05, 0) is 18.2 Å². The molecule has 0 heterocycles. The average Bonchev–Trinajstić information content (AvgIpc) is 2.64. The lowest BCUT2D eigenvalue weighted by Gasteiger charge is -2.21. The summed E-state index contributed by atoms with van der Waals surface area (Å²) in [6.45, 7) is 3.39. The molecule has 0 unspecified atom stereocenters. The molecule has 25 heavy (non-hydrogen) atoms. The molecule has 2 aromatic rings. The van der Waals surface area contributed by atoms with E-state index in [9.17, 15) is 19.7 Å². The van der Waals surface area contributed by atoms with Gasteiger partial charge in [0.25, 0.3) is 11.6 Å². The van der Waals surface area contributed by atoms with Crippen LogP contribution in [0.1, 0.15) is 10.4 Å². The van der Waals surface area contributed by atoms with Crippen LogP contribution in [0.2, 0.25) is 0 Å². The summed E-state index contributed by atoms with van der Waals surface area (Å²) in [5, 5.41) is 10.7. The third kappa shape index (κ3) is 4.74. The zero-order chi connectivity index (χ0) is 18.2. The van der Waals surface area contributed by atoms with Crippen molar-refractivity contribution in [2.75, 3.05) is 18.1 Å². The normalized spacial score (nSPS) is 9.92. The number of benzene rings is 2. The summed E-state index contributed by atoms with van der Waals surface area (Å²) in [6, 6.07) is 14.0. The SMILES string of the molecule is C=CCN(C(=O)COC(=O)c1cccc([N+](=O)[O-])c1)c1ccccc1. The lowest BCUT2D eigenvalue weighted by atomic mass is 10.2. The third-order valence-corrected chi connectivity index (χ3v) is 3.30. The van der Waals surface area contributed by atoms with Gasteiger partial charge in [-0.3, -0.25) is 14.9 Å². The molecule has 0 spiro atoms. The van der Waals surface area contributed by atoms with E-state index in [1.807, 2.05) is 6.07 Å². The predicted molar refractivity (Wildman–Crippen MR) is 92.4 cm³/mol. The van der Waals surface area contributed by atoms with Crippen molar-refractivity contribution in [2.45, 2.75) is 0 Å². The second-order valence-corrected chi connectivity index (χ2v) is 5.01. The Morgan fingerprint density at radius 2 is 1.88 bits per heavy atom. The average molecular weight is 340 g/mol. The van der Waals surface area contributed by atoms with Crippen LogP contribution < -0.4 is 4.90 Å². The van der Waals surface area contributed by atoms with Crippen molar-refractivity contribution in [2.24, 2.45) is 0 Å². The Bertz CT molecular complexity index is 789. The minimum atomic E-state index is -0.802. The number of amides is 1. The fourth-order valence-corrected chi connectivity index (χ4v) is 2.12. The highest BCUT2D eigenvalue weighted by molar-refractivity contribution is 5.97. The largest absolute Gasteiger partial charge is 0.452 e. The van der Waals surface area contributed by atoms with Gasteiger partial charge in [-0.1, -0.05) is 30.3 Å². The second-order valence-electron chi connectivity index (χ2n) is 5.01. The molecule has 0 radical (unpaired) electrons. The molecule has 7 nitrogen and oxygen atoms in total. The molecule has 0 N–H and O–H groups in total. The van der Waals surface area contributed by atoms with E-state index in [0.29, 0.717) is 5.69 Å². The highest BCUT2D eigenvalue weighted by Gasteiger charge is 2.18. The number of esters is 1. The van der Waals surface area contributed by atoms with E-state index >= 15 is 0 Å². The van der Waals surface area contributed by atoms with E-state index in [1.54, 1.807) is 30.3 Å². The molecule has 0 atom stereocenters. The number of non-ortho nitro benzene ring substituents is 1. The van der Waals surface area contributed by atoms with Crippen molar-refractivity contribution >= 4 is 23.3 Å². The monoisotopic (exact) mass is 340 g/mol. The molecule has 0 aliphatic heterocycles. The maximum Gasteiger partial charge on any atom is 0.338 e. The van der Waals surface area contributed by atoms with Gasteiger partial charge in [0, 0.05) is 24.4 Å². The quantitative estimate of drug-likeness (QED) is 0.334. The first-order valence-corrected chi connectivity index (χ1v) is 7.41. The maximum atomic E-state index is 12.3. The molecule has 128 valence electrons. The first-order valence-electron chi connectivity index (χ1n) is 7.41. The Morgan fingerprint density at radius 3 is 2.52 bits per heavy atom. The number of anilines is 1. The number of carbonyl (C=O) groups excluding carboxylic acids is 2. The highest BCUT2D eigenvalue weighted by Crippen LogP contribution is 2.15. The highest BCUT2D eigenvalue weighted by atomic mass is 16.6. The number of nitro groups is 1. The van der Waals surface area contributed by atoms with E-state index in [0.717, 1.165) is 6.07 Å². The number of hydrogen-bond acceptors (Lipinski definition) is 5. The van der Waals surface area contributed by atoms with Crippen molar-refractivity contribution in [1.29, 1.82) is 0 Å². The van der Waals surface area contributed by atoms with Gasteiger partial charge in [0.2, 0.25) is 0 Å². The van der Waals surface area contributed by atoms with Crippen molar-refractivity contribution in [3.8, 4) is 0 Å². The molecule has 2 aromatic carbocycles. The number of nitro benzene ring substituents is 1. The van der Waals surface area contributed by atoms with Crippen LogP contribution in [-0.2, 0) is 9.53 Å². The van der Waals surface area contributed by atoms with Crippen molar-refractivity contribution in [3.63, 3.8) is 0 Å². The van der Waals surface area contributed by atoms with Gasteiger partial charge in [0.1, 0.15) is 0 Å². The van der Waals surface area contributed by atoms with E-state index < -0.39 is 23.4 Å². The van der Waals surface area contributed by atoms with Crippen LogP contribution in [0.4, 0.5) is 11.4 Å². The summed E-state index contributed by atoms with van der Waals surface area (Å²) >= 11 is 0. The molecule has 0 aliphatic rings. The summed E-state index contributed by atoms with van der Waals surface area (Å²) in [5.41, 5.74) is 0.439. The molecule has 0 fully saturated rings. The Labute approximate surface area is 144 Å². The fourth-order valence-electron chi connectivity index (χ4n) is 2.12. The van der Waals surface area contributed by atoms with E-state index in [4.69, 9.17) is 4.74 Å². The Morgan fingerprint density at radius 1 is 1.16 bits per heavy atom. The van der Waals surface area contributed by atoms with E-state index in [2.05, 4.69) is 6.58 Å². The summed E-state index contributed by atoms with van der Waals surface area (Å²) in [7, 11) is 0. The molecule has 2 rings (SSSR count). The molecule has 0 aromatic heterocycles. The Kier molecular flexibility index (Phi) is 6.00. The number of hydrogen-bond donors (Lipinski definition) is 0. The van der Waals surface area contributed by atoms with Crippen LogP contribution in [0.15, 0.2) is 67.3 Å². The first kappa shape index (κ1) is 17.9. The van der Waals surface area contributed by atoms with Gasteiger partial charge < -0.3 is 9.64 Å². The smallest absolute Gasteiger partial charge is 0.338 e. The minimum Gasteiger partial charge on any atom is -0.452 e. The lowest BCUT2D eigenvalue weighted by Crippen LogP contribution is -2.34. The van der Waals surface area contributed by atoms with Gasteiger partial charge in [-0.2, -0.15) is 0 Å². The predicted octanol–water partition coefficient (Wildman–Crippen LogP) is 2.97. The number of nitrogens with zero attached hydrogens (tertiary/aromatic N) is 2. The molecule has 1 amide bonds. The van der Waals surface area contributed by atoms with Gasteiger partial charge in [0.05, 0.1) is 10.5 Å². The molecule has 0 bridgehead atoms. The van der Waals surface area contributed by atoms with Crippen molar-refractivity contribution in [3.05, 3.63) is 82.9 Å². The molecule has 7 heteroatoms. The summed E-state index contributed by atoms with van der Waals surface area (Å²) in [6.07, 6.45) is 1.56. The maximum absolute atomic E-state index is 12.3. The van der Waals surface area contributed by atoms with Crippen LogP contribution >= 0.6 is 0 Å². The van der Waals surface area contributed by atoms with Gasteiger partial charge in [-0.25, -0.2) is 4.79 Å². The summed E-state index contributed by atoms with van der Waals surface area (Å²) in [4.78, 5) is 35.9. The topological polar surface area (TPSA) is 89.8 Å². The van der Waals surface area contributed by atoms with Crippen molar-refractivity contribution < 1.29 is 19.2 Å². The van der Waals surface area contributed by atoms with Crippen LogP contribution in [0.25, 0.3) is 0 Å². The summed E-state index contributed by atoms with van der Waals surface area (Å²) in [5.74, 6) is -1.23. The third-order valence-electron chi connectivity index (χ3n) is 3.30. The number of carbonyl (C=O) groups is 2. The van der Waals surface area contributed by atoms with Crippen LogP contribution in [0.3, 0.4) is 0 Å². The standard InChI is InChI=1S/C18H16N2O5/c1-2-11-19(15-8-4-3-5-9-15)17(21)13-25-18(22)14-7-6-10-16(12-14)20(23)24/h2-10,12H,1,11,13H2. The summed E-state index contributed by atoms with van der Waals surface area (Å²) < 4.78 is 4.99. The molecular formula is C18H16N2O5. The number of para-hydroxylation sites is 1. The van der Waals surface area contributed by atoms with Gasteiger partial charge in [-0.15, -0.1) is 6.58 Å². The number of ether oxygens (including phenoxy) is 1. The zero-order valence-electron chi connectivity index (χ0n) is 13.3. The Hall–Kier alpha value is -3.48. The molecule has 0 saturated carbocycles. The zero-order valence-corrected chi connectivity index (χ0v) is 13.3. The first-order chi connectivity index (χ1) is 12.0. The van der Waals surface area contributed by atoms with Gasteiger partial charge in [0.15, 0.2) is 6.61 Å².